The van der Waals surface area contributed by atoms with Crippen molar-refractivity contribution < 1.29 is 19.7 Å². The van der Waals surface area contributed by atoms with E-state index in [9.17, 15) is 10.1 Å². The molecule has 0 aromatic heterocycles. The molecule has 6 heteroatoms. The summed E-state index contributed by atoms with van der Waals surface area (Å²) in [6.07, 6.45) is -0.776. The van der Waals surface area contributed by atoms with Crippen molar-refractivity contribution >= 4 is 17.3 Å². The van der Waals surface area contributed by atoms with Crippen LogP contribution in [0.2, 0.25) is 0 Å². The molecule has 3 aromatic carbocycles. The van der Waals surface area contributed by atoms with Crippen LogP contribution in [-0.4, -0.2) is 48.1 Å². The second kappa shape index (κ2) is 9.67. The highest BCUT2D eigenvalue weighted by Gasteiger charge is 2.46. The Morgan fingerprint density at radius 3 is 2.27 bits per heavy atom. The van der Waals surface area contributed by atoms with E-state index in [1.165, 1.54) is 0 Å². The van der Waals surface area contributed by atoms with Gasteiger partial charge >= 0.3 is 0 Å². The van der Waals surface area contributed by atoms with E-state index >= 15 is 0 Å². The van der Waals surface area contributed by atoms with Gasteiger partial charge in [-0.3, -0.25) is 15.0 Å². The van der Waals surface area contributed by atoms with Gasteiger partial charge in [-0.25, -0.2) is 4.89 Å². The first-order valence-electron chi connectivity index (χ1n) is 11.1. The fourth-order valence-corrected chi connectivity index (χ4v) is 4.59. The van der Waals surface area contributed by atoms with Crippen LogP contribution in [0.1, 0.15) is 28.7 Å². The van der Waals surface area contributed by atoms with Crippen LogP contribution < -0.4 is 0 Å². The third-order valence-corrected chi connectivity index (χ3v) is 6.19. The van der Waals surface area contributed by atoms with Gasteiger partial charge < -0.3 is 9.64 Å². The number of carbonyl (C=O) groups is 1. The van der Waals surface area contributed by atoms with Crippen molar-refractivity contribution in [1.29, 1.82) is 0 Å². The lowest BCUT2D eigenvalue weighted by Crippen LogP contribution is -2.48. The van der Waals surface area contributed by atoms with Gasteiger partial charge in [0.25, 0.3) is 0 Å². The smallest absolute Gasteiger partial charge is 0.237 e. The van der Waals surface area contributed by atoms with E-state index in [2.05, 4.69) is 0 Å². The topological polar surface area (TPSA) is 71.4 Å². The molecular weight excluding hydrogens is 416 g/mol. The second-order valence-electron chi connectivity index (χ2n) is 8.12. The molecule has 33 heavy (non-hydrogen) atoms. The normalized spacial score (nSPS) is 19.5. The van der Waals surface area contributed by atoms with E-state index in [0.717, 1.165) is 22.4 Å². The van der Waals surface area contributed by atoms with Crippen molar-refractivity contribution in [3.8, 4) is 0 Å². The summed E-state index contributed by atoms with van der Waals surface area (Å²) in [4.78, 5) is 25.9. The maximum atomic E-state index is 14.0. The number of morpholine rings is 1. The first-order chi connectivity index (χ1) is 16.3. The Kier molecular flexibility index (Phi) is 6.30. The third-order valence-electron chi connectivity index (χ3n) is 6.19. The molecule has 2 heterocycles. The van der Waals surface area contributed by atoms with E-state index in [0.29, 0.717) is 37.9 Å². The molecule has 1 N–H and O–H groups in total. The van der Waals surface area contributed by atoms with Gasteiger partial charge in [0.15, 0.2) is 0 Å². The summed E-state index contributed by atoms with van der Waals surface area (Å²) in [6.45, 7) is 2.01. The highest BCUT2D eigenvalue weighted by atomic mass is 17.1. The fraction of sp³-hybridized carbons (Fsp3) is 0.222. The molecule has 1 amide bonds. The molecule has 0 bridgehead atoms. The summed E-state index contributed by atoms with van der Waals surface area (Å²) < 4.78 is 5.47. The molecule has 2 unspecified atom stereocenters. The molecule has 167 valence electrons. The quantitative estimate of drug-likeness (QED) is 0.465. The van der Waals surface area contributed by atoms with Crippen molar-refractivity contribution in [3.05, 3.63) is 108 Å². The average molecular weight is 442 g/mol. The lowest BCUT2D eigenvalue weighted by atomic mass is 9.72. The first kappa shape index (κ1) is 21.5. The van der Waals surface area contributed by atoms with E-state index in [1.54, 1.807) is 4.90 Å². The molecule has 3 aromatic rings. The van der Waals surface area contributed by atoms with E-state index in [4.69, 9.17) is 14.6 Å². The van der Waals surface area contributed by atoms with Crippen LogP contribution in [0.5, 0.6) is 0 Å². The molecule has 2 aliphatic heterocycles. The van der Waals surface area contributed by atoms with Crippen LogP contribution in [-0.2, 0) is 14.4 Å². The van der Waals surface area contributed by atoms with Gasteiger partial charge in [0.2, 0.25) is 5.91 Å². The zero-order chi connectivity index (χ0) is 22.6. The minimum Gasteiger partial charge on any atom is -0.378 e. The molecule has 2 atom stereocenters. The summed E-state index contributed by atoms with van der Waals surface area (Å²) in [5.74, 6) is -0.139. The number of hydrogen-bond donors (Lipinski definition) is 1. The Morgan fingerprint density at radius 1 is 0.939 bits per heavy atom. The second-order valence-corrected chi connectivity index (χ2v) is 8.12. The Labute approximate surface area is 193 Å². The van der Waals surface area contributed by atoms with Gasteiger partial charge in [0.05, 0.1) is 24.6 Å². The Morgan fingerprint density at radius 2 is 1.58 bits per heavy atom. The molecule has 1 radical (unpaired) electrons. The van der Waals surface area contributed by atoms with E-state index in [-0.39, 0.29) is 5.91 Å². The maximum Gasteiger partial charge on any atom is 0.237 e. The number of nitrogens with zero attached hydrogens (tertiary/aromatic N) is 2. The number of benzene rings is 3. The Hall–Kier alpha value is -3.32. The van der Waals surface area contributed by atoms with Crippen LogP contribution in [0.3, 0.4) is 0 Å². The van der Waals surface area contributed by atoms with Crippen molar-refractivity contribution in [2.75, 3.05) is 26.3 Å². The summed E-state index contributed by atoms with van der Waals surface area (Å²) in [7, 11) is 0. The summed E-state index contributed by atoms with van der Waals surface area (Å²) in [5.41, 5.74) is 3.84. The molecule has 1 fully saturated rings. The van der Waals surface area contributed by atoms with Crippen molar-refractivity contribution in [2.45, 2.75) is 12.0 Å². The van der Waals surface area contributed by atoms with Crippen LogP contribution in [0.4, 0.5) is 5.69 Å². The molecule has 2 aliphatic rings. The van der Waals surface area contributed by atoms with Gasteiger partial charge in [-0.2, -0.15) is 0 Å². The first-order valence-corrected chi connectivity index (χ1v) is 11.1. The highest BCUT2D eigenvalue weighted by Crippen LogP contribution is 2.49. The summed E-state index contributed by atoms with van der Waals surface area (Å²) in [5, 5.41) is 10.1. The predicted molar refractivity (Wildman–Crippen MR) is 125 cm³/mol. The molecule has 0 spiro atoms. The van der Waals surface area contributed by atoms with Crippen molar-refractivity contribution in [3.63, 3.8) is 0 Å². The number of para-hydroxylation sites is 1. The largest absolute Gasteiger partial charge is 0.378 e. The zero-order valence-corrected chi connectivity index (χ0v) is 18.1. The highest BCUT2D eigenvalue weighted by molar-refractivity contribution is 6.27. The number of amides is 1. The van der Waals surface area contributed by atoms with Crippen LogP contribution in [0.15, 0.2) is 89.9 Å². The fourth-order valence-electron chi connectivity index (χ4n) is 4.59. The summed E-state index contributed by atoms with van der Waals surface area (Å²) >= 11 is 0. The Bertz CT molecular complexity index is 1130. The van der Waals surface area contributed by atoms with Gasteiger partial charge in [-0.05, 0) is 22.8 Å². The maximum absolute atomic E-state index is 14.0. The standard InChI is InChI=1S/C27H25N2O4/c30-27(29-15-17-32-18-16-29)24-23(26(33-31)20-11-5-2-6-12-20)21-13-7-8-14-22(21)28-25(24)19-9-3-1-4-10-19/h1-14,23,26,31H,15-18H2. The number of hydrogen-bond acceptors (Lipinski definition) is 5. The van der Waals surface area contributed by atoms with E-state index in [1.807, 2.05) is 84.9 Å². The van der Waals surface area contributed by atoms with Crippen LogP contribution >= 0.6 is 0 Å². The van der Waals surface area contributed by atoms with Gasteiger partial charge in [0.1, 0.15) is 12.0 Å². The average Bonchev–Trinajstić information content (AvgIpc) is 2.90. The third kappa shape index (κ3) is 4.20. The number of aliphatic imine (C=N–C) groups is 1. The molecule has 5 rings (SSSR count). The molecule has 6 nitrogen and oxygen atoms in total. The van der Waals surface area contributed by atoms with E-state index < -0.39 is 12.0 Å². The number of ether oxygens (including phenoxy) is 1. The lowest BCUT2D eigenvalue weighted by Gasteiger charge is -2.39. The number of rotatable bonds is 5. The number of carbonyl (C=O) groups excluding carboxylic acids is 1. The van der Waals surface area contributed by atoms with Gasteiger partial charge in [0, 0.05) is 19.0 Å². The SMILES string of the molecule is O=C([C]1C(c2ccccc2)=Nc2ccccc2C1C(OO)c1ccccc1)N1CCOCC1. The molecule has 1 saturated heterocycles. The van der Waals surface area contributed by atoms with Crippen molar-refractivity contribution in [1.82, 2.24) is 4.90 Å². The number of fused-ring (bicyclic) bond motifs is 1. The molecule has 0 saturated carbocycles. The van der Waals surface area contributed by atoms with Crippen molar-refractivity contribution in [2.24, 2.45) is 4.99 Å². The predicted octanol–water partition coefficient (Wildman–Crippen LogP) is 4.57. The zero-order valence-electron chi connectivity index (χ0n) is 18.1. The van der Waals surface area contributed by atoms with Crippen LogP contribution in [0, 0.1) is 5.92 Å². The monoisotopic (exact) mass is 441 g/mol. The lowest BCUT2D eigenvalue weighted by molar-refractivity contribution is -0.286. The molecular formula is C27H25N2O4. The minimum atomic E-state index is -0.776. The van der Waals surface area contributed by atoms with Gasteiger partial charge in [-0.1, -0.05) is 78.9 Å². The minimum absolute atomic E-state index is 0.113. The van der Waals surface area contributed by atoms with Crippen LogP contribution in [0.25, 0.3) is 0 Å². The van der Waals surface area contributed by atoms with Gasteiger partial charge in [-0.15, -0.1) is 0 Å². The summed E-state index contributed by atoms with van der Waals surface area (Å²) in [6, 6.07) is 26.9. The molecule has 0 aliphatic carbocycles. The Balaban J connectivity index is 1.69.